The van der Waals surface area contributed by atoms with Crippen molar-refractivity contribution in [3.8, 4) is 0 Å². The number of carbonyl (C=O) groups excluding carboxylic acids is 1. The molecule has 1 saturated heterocycles. The summed E-state index contributed by atoms with van der Waals surface area (Å²) in [5.74, 6) is 1.38. The van der Waals surface area contributed by atoms with Crippen LogP contribution in [0.25, 0.3) is 0 Å². The first kappa shape index (κ1) is 12.7. The lowest BCUT2D eigenvalue weighted by Gasteiger charge is -2.25. The first-order valence-electron chi connectivity index (χ1n) is 6.50. The molecule has 1 aliphatic heterocycles. The largest absolute Gasteiger partial charge is 0.307 e. The quantitative estimate of drug-likeness (QED) is 0.708. The van der Waals surface area contributed by atoms with Gasteiger partial charge < -0.3 is 10.1 Å². The Morgan fingerprint density at radius 2 is 2.07 bits per heavy atom. The van der Waals surface area contributed by atoms with E-state index < -0.39 is 0 Å². The Morgan fingerprint density at radius 3 is 2.67 bits per heavy atom. The van der Waals surface area contributed by atoms with Gasteiger partial charge in [0, 0.05) is 0 Å². The number of hydrogen-bond donors (Lipinski definition) is 1. The van der Waals surface area contributed by atoms with E-state index in [1.165, 1.54) is 38.5 Å². The van der Waals surface area contributed by atoms with E-state index in [0.717, 1.165) is 18.7 Å². The standard InChI is InChI=1S/C13H25NO/c1-3-11(4-2)9-12-7-5-6-8-14-13(12)10-15/h10-14H,3-9H2,1-2H3. The van der Waals surface area contributed by atoms with Crippen molar-refractivity contribution in [2.24, 2.45) is 11.8 Å². The van der Waals surface area contributed by atoms with E-state index in [9.17, 15) is 4.79 Å². The molecule has 1 fully saturated rings. The van der Waals surface area contributed by atoms with E-state index in [0.29, 0.717) is 5.92 Å². The highest BCUT2D eigenvalue weighted by Crippen LogP contribution is 2.26. The van der Waals surface area contributed by atoms with Crippen LogP contribution < -0.4 is 5.32 Å². The molecule has 2 nitrogen and oxygen atoms in total. The van der Waals surface area contributed by atoms with E-state index in [1.807, 2.05) is 0 Å². The average molecular weight is 211 g/mol. The van der Waals surface area contributed by atoms with Crippen LogP contribution in [-0.4, -0.2) is 18.9 Å². The molecule has 88 valence electrons. The molecule has 1 N–H and O–H groups in total. The second-order valence-electron chi connectivity index (χ2n) is 4.79. The fraction of sp³-hybridized carbons (Fsp3) is 0.923. The van der Waals surface area contributed by atoms with E-state index in [1.54, 1.807) is 0 Å². The third-order valence-corrected chi connectivity index (χ3v) is 3.83. The molecule has 0 saturated carbocycles. The molecule has 0 radical (unpaired) electrons. The maximum Gasteiger partial charge on any atom is 0.137 e. The fourth-order valence-corrected chi connectivity index (χ4v) is 2.62. The summed E-state index contributed by atoms with van der Waals surface area (Å²) in [7, 11) is 0. The summed E-state index contributed by atoms with van der Waals surface area (Å²) in [6, 6.07) is 0.119. The van der Waals surface area contributed by atoms with Crippen LogP contribution in [0.15, 0.2) is 0 Å². The molecule has 0 aliphatic carbocycles. The molecule has 1 aliphatic rings. The molecule has 2 atom stereocenters. The van der Waals surface area contributed by atoms with Gasteiger partial charge in [0.1, 0.15) is 6.29 Å². The lowest BCUT2D eigenvalue weighted by atomic mass is 9.84. The van der Waals surface area contributed by atoms with Gasteiger partial charge in [0.2, 0.25) is 0 Å². The van der Waals surface area contributed by atoms with Gasteiger partial charge >= 0.3 is 0 Å². The normalized spacial score (nSPS) is 27.7. The van der Waals surface area contributed by atoms with Crippen molar-refractivity contribution < 1.29 is 4.79 Å². The van der Waals surface area contributed by atoms with Crippen molar-refractivity contribution in [1.82, 2.24) is 5.32 Å². The summed E-state index contributed by atoms with van der Waals surface area (Å²) in [5, 5.41) is 3.37. The van der Waals surface area contributed by atoms with Crippen molar-refractivity contribution in [3.63, 3.8) is 0 Å². The molecule has 1 rings (SSSR count). The maximum absolute atomic E-state index is 11.0. The van der Waals surface area contributed by atoms with E-state index >= 15 is 0 Å². The van der Waals surface area contributed by atoms with Gasteiger partial charge in [0.05, 0.1) is 6.04 Å². The minimum Gasteiger partial charge on any atom is -0.307 e. The van der Waals surface area contributed by atoms with Gasteiger partial charge in [-0.3, -0.25) is 0 Å². The summed E-state index contributed by atoms with van der Waals surface area (Å²) in [5.41, 5.74) is 0. The number of carbonyl (C=O) groups is 1. The van der Waals surface area contributed by atoms with Gasteiger partial charge in [-0.25, -0.2) is 0 Å². The van der Waals surface area contributed by atoms with Crippen LogP contribution in [0.5, 0.6) is 0 Å². The van der Waals surface area contributed by atoms with E-state index in [2.05, 4.69) is 19.2 Å². The molecule has 15 heavy (non-hydrogen) atoms. The minimum absolute atomic E-state index is 0.119. The van der Waals surface area contributed by atoms with Crippen LogP contribution in [0.4, 0.5) is 0 Å². The second kappa shape index (κ2) is 7.00. The highest BCUT2D eigenvalue weighted by molar-refractivity contribution is 5.58. The Kier molecular flexibility index (Phi) is 5.92. The lowest BCUT2D eigenvalue weighted by Crippen LogP contribution is -2.37. The van der Waals surface area contributed by atoms with Crippen molar-refractivity contribution in [3.05, 3.63) is 0 Å². The number of rotatable bonds is 5. The maximum atomic E-state index is 11.0. The van der Waals surface area contributed by atoms with Gasteiger partial charge in [-0.05, 0) is 37.6 Å². The Morgan fingerprint density at radius 1 is 1.33 bits per heavy atom. The minimum atomic E-state index is 0.119. The first-order valence-corrected chi connectivity index (χ1v) is 6.50. The first-order chi connectivity index (χ1) is 7.31. The molecule has 0 amide bonds. The Bertz CT molecular complexity index is 177. The van der Waals surface area contributed by atoms with Crippen LogP contribution in [0.3, 0.4) is 0 Å². The zero-order chi connectivity index (χ0) is 11.1. The molecule has 0 bridgehead atoms. The van der Waals surface area contributed by atoms with Crippen LogP contribution in [0.2, 0.25) is 0 Å². The predicted molar refractivity (Wildman–Crippen MR) is 63.9 cm³/mol. The smallest absolute Gasteiger partial charge is 0.137 e. The van der Waals surface area contributed by atoms with Crippen molar-refractivity contribution in [1.29, 1.82) is 0 Å². The molecule has 0 aromatic rings. The Labute approximate surface area is 93.8 Å². The SMILES string of the molecule is CCC(CC)CC1CCCCNC1C=O. The summed E-state index contributed by atoms with van der Waals surface area (Å²) in [6.45, 7) is 5.53. The Hall–Kier alpha value is -0.370. The zero-order valence-electron chi connectivity index (χ0n) is 10.2. The van der Waals surface area contributed by atoms with Crippen LogP contribution in [-0.2, 0) is 4.79 Å². The highest BCUT2D eigenvalue weighted by atomic mass is 16.1. The molecule has 2 unspecified atom stereocenters. The summed E-state index contributed by atoms with van der Waals surface area (Å²) >= 11 is 0. The number of hydrogen-bond acceptors (Lipinski definition) is 2. The number of nitrogens with one attached hydrogen (secondary N) is 1. The summed E-state index contributed by atoms with van der Waals surface area (Å²) in [6.07, 6.45) is 8.58. The van der Waals surface area contributed by atoms with Gasteiger partial charge in [-0.15, -0.1) is 0 Å². The van der Waals surface area contributed by atoms with Crippen LogP contribution >= 0.6 is 0 Å². The molecule has 0 aromatic heterocycles. The highest BCUT2D eigenvalue weighted by Gasteiger charge is 2.24. The molecular formula is C13H25NO. The van der Waals surface area contributed by atoms with Gasteiger partial charge in [0.15, 0.2) is 0 Å². The fourth-order valence-electron chi connectivity index (χ4n) is 2.62. The zero-order valence-corrected chi connectivity index (χ0v) is 10.2. The third-order valence-electron chi connectivity index (χ3n) is 3.83. The molecule has 0 aromatic carbocycles. The summed E-state index contributed by atoms with van der Waals surface area (Å²) in [4.78, 5) is 11.0. The lowest BCUT2D eigenvalue weighted by molar-refractivity contribution is -0.110. The monoisotopic (exact) mass is 211 g/mol. The van der Waals surface area contributed by atoms with Gasteiger partial charge in [0.25, 0.3) is 0 Å². The predicted octanol–water partition coefficient (Wildman–Crippen LogP) is 2.77. The second-order valence-corrected chi connectivity index (χ2v) is 4.79. The molecule has 1 heterocycles. The van der Waals surface area contributed by atoms with Gasteiger partial charge in [-0.1, -0.05) is 33.1 Å². The summed E-state index contributed by atoms with van der Waals surface area (Å²) < 4.78 is 0. The van der Waals surface area contributed by atoms with E-state index in [-0.39, 0.29) is 6.04 Å². The topological polar surface area (TPSA) is 29.1 Å². The molecule has 0 spiro atoms. The van der Waals surface area contributed by atoms with Crippen molar-refractivity contribution in [2.45, 2.75) is 58.4 Å². The van der Waals surface area contributed by atoms with Crippen LogP contribution in [0, 0.1) is 11.8 Å². The Balaban J connectivity index is 2.50. The van der Waals surface area contributed by atoms with Crippen molar-refractivity contribution in [2.75, 3.05) is 6.54 Å². The molecular weight excluding hydrogens is 186 g/mol. The van der Waals surface area contributed by atoms with Crippen molar-refractivity contribution >= 4 is 6.29 Å². The van der Waals surface area contributed by atoms with E-state index in [4.69, 9.17) is 0 Å². The third kappa shape index (κ3) is 3.94. The molecule has 2 heteroatoms. The average Bonchev–Trinajstić information content (AvgIpc) is 2.50. The number of aldehydes is 1. The van der Waals surface area contributed by atoms with Gasteiger partial charge in [-0.2, -0.15) is 0 Å². The van der Waals surface area contributed by atoms with Crippen LogP contribution in [0.1, 0.15) is 52.4 Å².